The summed E-state index contributed by atoms with van der Waals surface area (Å²) >= 11 is 1.78. The Hall–Kier alpha value is -1.52. The van der Waals surface area contributed by atoms with Gasteiger partial charge in [0.05, 0.1) is 11.6 Å². The Morgan fingerprint density at radius 3 is 2.57 bits per heavy atom. The lowest BCUT2D eigenvalue weighted by molar-refractivity contribution is 0.318. The number of aryl methyl sites for hydroxylation is 2. The summed E-state index contributed by atoms with van der Waals surface area (Å²) in [5.74, 6) is 1.92. The summed E-state index contributed by atoms with van der Waals surface area (Å²) in [5.41, 5.74) is 9.03. The largest absolute Gasteiger partial charge is 0.494 e. The van der Waals surface area contributed by atoms with Crippen molar-refractivity contribution in [2.45, 2.75) is 31.8 Å². The normalized spacial score (nSPS) is 10.6. The highest BCUT2D eigenvalue weighted by Gasteiger charge is 1.99. The molecule has 1 aromatic heterocycles. The molecule has 0 aliphatic heterocycles. The third kappa shape index (κ3) is 5.40. The Bertz CT molecular complexity index is 549. The molecule has 0 aliphatic rings. The summed E-state index contributed by atoms with van der Waals surface area (Å²) in [6, 6.07) is 12.2. The van der Waals surface area contributed by atoms with Crippen LogP contribution in [0, 0.1) is 13.8 Å². The van der Waals surface area contributed by atoms with Crippen LogP contribution in [0.4, 0.5) is 0 Å². The number of nitrogens with two attached hydrogens (primary N) is 1. The molecule has 3 nitrogen and oxygen atoms in total. The van der Waals surface area contributed by atoms with E-state index in [1.54, 1.807) is 11.8 Å². The van der Waals surface area contributed by atoms with Crippen molar-refractivity contribution in [1.29, 1.82) is 0 Å². The summed E-state index contributed by atoms with van der Waals surface area (Å²) in [4.78, 5) is 4.52. The average Bonchev–Trinajstić information content (AvgIpc) is 2.46. The number of thioether (sulfide) groups is 1. The molecule has 1 heterocycles. The first-order valence-electron chi connectivity index (χ1n) is 7.17. The van der Waals surface area contributed by atoms with Crippen molar-refractivity contribution in [3.8, 4) is 5.75 Å². The lowest BCUT2D eigenvalue weighted by Crippen LogP contribution is -2.00. The number of rotatable bonds is 7. The van der Waals surface area contributed by atoms with Crippen LogP contribution in [0.3, 0.4) is 0 Å². The molecule has 4 heteroatoms. The maximum absolute atomic E-state index is 5.72. The molecule has 0 radical (unpaired) electrons. The maximum atomic E-state index is 5.72. The molecule has 0 aliphatic carbocycles. The smallest absolute Gasteiger partial charge is 0.119 e. The zero-order valence-electron chi connectivity index (χ0n) is 12.6. The van der Waals surface area contributed by atoms with E-state index in [4.69, 9.17) is 10.5 Å². The molecule has 0 atom stereocenters. The molecular weight excluding hydrogens is 280 g/mol. The third-order valence-corrected chi connectivity index (χ3v) is 4.04. The molecule has 112 valence electrons. The van der Waals surface area contributed by atoms with Gasteiger partial charge in [-0.15, -0.1) is 11.8 Å². The topological polar surface area (TPSA) is 48.1 Å². The van der Waals surface area contributed by atoms with Gasteiger partial charge in [-0.2, -0.15) is 0 Å². The van der Waals surface area contributed by atoms with Gasteiger partial charge in [-0.25, -0.2) is 4.98 Å². The number of pyridine rings is 1. The van der Waals surface area contributed by atoms with Crippen LogP contribution in [0.2, 0.25) is 0 Å². The molecule has 0 saturated heterocycles. The van der Waals surface area contributed by atoms with Gasteiger partial charge in [0.2, 0.25) is 0 Å². The van der Waals surface area contributed by atoms with E-state index in [0.717, 1.165) is 40.8 Å². The fraction of sp³-hybridized carbons (Fsp3) is 0.353. The first-order valence-corrected chi connectivity index (χ1v) is 8.16. The van der Waals surface area contributed by atoms with Gasteiger partial charge < -0.3 is 10.5 Å². The van der Waals surface area contributed by atoms with Gasteiger partial charge in [0.1, 0.15) is 5.75 Å². The lowest BCUT2D eigenvalue weighted by atomic mass is 10.2. The van der Waals surface area contributed by atoms with Crippen LogP contribution in [-0.4, -0.2) is 17.3 Å². The van der Waals surface area contributed by atoms with Crippen molar-refractivity contribution in [3.63, 3.8) is 0 Å². The van der Waals surface area contributed by atoms with Crippen LogP contribution in [0.25, 0.3) is 0 Å². The second-order valence-electron chi connectivity index (χ2n) is 5.02. The minimum Gasteiger partial charge on any atom is -0.494 e. The van der Waals surface area contributed by atoms with Crippen LogP contribution < -0.4 is 10.5 Å². The molecule has 0 unspecified atom stereocenters. The highest BCUT2D eigenvalue weighted by Crippen LogP contribution is 2.19. The summed E-state index contributed by atoms with van der Waals surface area (Å²) in [5, 5.41) is 1.10. The zero-order chi connectivity index (χ0) is 15.1. The van der Waals surface area contributed by atoms with Gasteiger partial charge in [0.15, 0.2) is 0 Å². The van der Waals surface area contributed by atoms with Crippen molar-refractivity contribution in [3.05, 3.63) is 53.2 Å². The fourth-order valence-corrected chi connectivity index (χ4v) is 2.97. The van der Waals surface area contributed by atoms with Crippen LogP contribution in [0.5, 0.6) is 5.75 Å². The van der Waals surface area contributed by atoms with E-state index in [0.29, 0.717) is 6.54 Å². The van der Waals surface area contributed by atoms with Crippen molar-refractivity contribution in [1.82, 2.24) is 4.98 Å². The molecule has 0 fully saturated rings. The predicted molar refractivity (Wildman–Crippen MR) is 88.9 cm³/mol. The first kappa shape index (κ1) is 15.9. The van der Waals surface area contributed by atoms with E-state index in [1.807, 2.05) is 31.2 Å². The summed E-state index contributed by atoms with van der Waals surface area (Å²) in [6.45, 7) is 5.43. The Balaban J connectivity index is 1.69. The van der Waals surface area contributed by atoms with Crippen molar-refractivity contribution in [2.75, 3.05) is 12.4 Å². The van der Waals surface area contributed by atoms with E-state index in [2.05, 4.69) is 24.0 Å². The predicted octanol–water partition coefficient (Wildman–Crippen LogP) is 3.72. The van der Waals surface area contributed by atoms with Crippen LogP contribution in [-0.2, 0) is 6.54 Å². The molecule has 0 bridgehead atoms. The zero-order valence-corrected chi connectivity index (χ0v) is 13.5. The molecule has 2 aromatic rings. The standard InChI is InChI=1S/C17H22N2OS/c1-13-10-14(2)19-17(11-13)21-9-3-8-20-16-6-4-15(12-18)5-7-16/h4-7,10-11H,3,8-9,12,18H2,1-2H3. The Kier molecular flexibility index (Phi) is 6.08. The van der Waals surface area contributed by atoms with Gasteiger partial charge in [-0.1, -0.05) is 12.1 Å². The van der Waals surface area contributed by atoms with Crippen LogP contribution in [0.1, 0.15) is 23.2 Å². The lowest BCUT2D eigenvalue weighted by Gasteiger charge is -2.07. The SMILES string of the molecule is Cc1cc(C)nc(SCCCOc2ccc(CN)cc2)c1. The van der Waals surface area contributed by atoms with Crippen LogP contribution >= 0.6 is 11.8 Å². The minimum atomic E-state index is 0.569. The highest BCUT2D eigenvalue weighted by molar-refractivity contribution is 7.99. The molecule has 0 amide bonds. The number of hydrogen-bond donors (Lipinski definition) is 1. The van der Waals surface area contributed by atoms with Gasteiger partial charge >= 0.3 is 0 Å². The number of hydrogen-bond acceptors (Lipinski definition) is 4. The second kappa shape index (κ2) is 8.05. The van der Waals surface area contributed by atoms with Gasteiger partial charge in [0.25, 0.3) is 0 Å². The Morgan fingerprint density at radius 1 is 1.14 bits per heavy atom. The van der Waals surface area contributed by atoms with Crippen molar-refractivity contribution in [2.24, 2.45) is 5.73 Å². The minimum absolute atomic E-state index is 0.569. The highest BCUT2D eigenvalue weighted by atomic mass is 32.2. The molecule has 0 spiro atoms. The molecule has 2 N–H and O–H groups in total. The van der Waals surface area contributed by atoms with Gasteiger partial charge in [0, 0.05) is 18.0 Å². The van der Waals surface area contributed by atoms with E-state index in [-0.39, 0.29) is 0 Å². The van der Waals surface area contributed by atoms with Gasteiger partial charge in [-0.05, 0) is 55.7 Å². The van der Waals surface area contributed by atoms with Crippen LogP contribution in [0.15, 0.2) is 41.4 Å². The number of nitrogens with zero attached hydrogens (tertiary/aromatic N) is 1. The number of benzene rings is 1. The summed E-state index contributed by atoms with van der Waals surface area (Å²) < 4.78 is 5.72. The number of ether oxygens (including phenoxy) is 1. The van der Waals surface area contributed by atoms with E-state index in [1.165, 1.54) is 5.56 Å². The summed E-state index contributed by atoms with van der Waals surface area (Å²) in [7, 11) is 0. The monoisotopic (exact) mass is 302 g/mol. The Morgan fingerprint density at radius 2 is 1.90 bits per heavy atom. The Labute approximate surface area is 130 Å². The molecular formula is C17H22N2OS. The van der Waals surface area contributed by atoms with Gasteiger partial charge in [-0.3, -0.25) is 0 Å². The van der Waals surface area contributed by atoms with E-state index < -0.39 is 0 Å². The number of aromatic nitrogens is 1. The van der Waals surface area contributed by atoms with Crippen molar-refractivity contribution < 1.29 is 4.74 Å². The summed E-state index contributed by atoms with van der Waals surface area (Å²) in [6.07, 6.45) is 0.998. The maximum Gasteiger partial charge on any atom is 0.119 e. The second-order valence-corrected chi connectivity index (χ2v) is 6.14. The quantitative estimate of drug-likeness (QED) is 0.625. The molecule has 21 heavy (non-hydrogen) atoms. The molecule has 0 saturated carbocycles. The average molecular weight is 302 g/mol. The molecule has 1 aromatic carbocycles. The van der Waals surface area contributed by atoms with Crippen molar-refractivity contribution >= 4 is 11.8 Å². The molecule has 2 rings (SSSR count). The third-order valence-electron chi connectivity index (χ3n) is 3.04. The van der Waals surface area contributed by atoms with E-state index >= 15 is 0 Å². The first-order chi connectivity index (χ1) is 10.2. The van der Waals surface area contributed by atoms with E-state index in [9.17, 15) is 0 Å². The fourth-order valence-electron chi connectivity index (χ4n) is 2.03.